The Morgan fingerprint density at radius 1 is 1.11 bits per heavy atom. The summed E-state index contributed by atoms with van der Waals surface area (Å²) in [7, 11) is 0. The lowest BCUT2D eigenvalue weighted by Crippen LogP contribution is -2.36. The molecule has 7 nitrogen and oxygen atoms in total. The minimum Gasteiger partial charge on any atom is -0.488 e. The summed E-state index contributed by atoms with van der Waals surface area (Å²) in [5.41, 5.74) is 20.4. The molecule has 0 saturated heterocycles. The number of hydrogen-bond acceptors (Lipinski definition) is 7. The molecule has 7 heteroatoms. The summed E-state index contributed by atoms with van der Waals surface area (Å²) in [6, 6.07) is 3.90. The van der Waals surface area contributed by atoms with Crippen LogP contribution in [0.25, 0.3) is 11.3 Å². The van der Waals surface area contributed by atoms with Crippen molar-refractivity contribution in [2.24, 2.45) is 5.73 Å². The summed E-state index contributed by atoms with van der Waals surface area (Å²) in [4.78, 5) is 21.8. The number of aromatic nitrogens is 2. The number of nitrogens with two attached hydrogens (primary N) is 3. The van der Waals surface area contributed by atoms with E-state index in [4.69, 9.17) is 21.9 Å². The molecule has 0 unspecified atom stereocenters. The number of ketones is 1. The van der Waals surface area contributed by atoms with Crippen molar-refractivity contribution in [2.75, 3.05) is 11.5 Å². The van der Waals surface area contributed by atoms with Gasteiger partial charge in [-0.1, -0.05) is 0 Å². The largest absolute Gasteiger partial charge is 0.488 e. The molecule has 2 aliphatic rings. The Morgan fingerprint density at radius 3 is 2.52 bits per heavy atom. The zero-order chi connectivity index (χ0) is 19.3. The van der Waals surface area contributed by atoms with E-state index in [0.29, 0.717) is 39.6 Å². The molecule has 1 aromatic heterocycles. The quantitative estimate of drug-likeness (QED) is 0.695. The summed E-state index contributed by atoms with van der Waals surface area (Å²) in [6.07, 6.45) is 5.14. The standard InChI is InChI=1S/C20H25N5O2/c1-20(2)15-17(24-9-25-19(15)23)12-7-8-13(16(22)14(12)18(20)26)27-11-5-3-10(21)4-6-11/h7-11H,3-6,21-22H2,1-2H3,(H2,23,24,25). The number of carbonyl (C=O) groups is 1. The Kier molecular flexibility index (Phi) is 4.07. The molecule has 1 fully saturated rings. The molecule has 0 radical (unpaired) electrons. The highest BCUT2D eigenvalue weighted by Crippen LogP contribution is 2.47. The van der Waals surface area contributed by atoms with E-state index in [9.17, 15) is 4.79 Å². The minimum atomic E-state index is -0.863. The van der Waals surface area contributed by atoms with Gasteiger partial charge >= 0.3 is 0 Å². The first-order valence-electron chi connectivity index (χ1n) is 9.31. The molecule has 2 aromatic rings. The van der Waals surface area contributed by atoms with Crippen LogP contribution in [0.3, 0.4) is 0 Å². The number of fused-ring (bicyclic) bond motifs is 3. The lowest BCUT2D eigenvalue weighted by atomic mass is 9.70. The number of ether oxygens (including phenoxy) is 1. The van der Waals surface area contributed by atoms with Crippen LogP contribution >= 0.6 is 0 Å². The molecule has 0 spiro atoms. The SMILES string of the molecule is CC1(C)C(=O)c2c(ccc(OC3CCC(N)CC3)c2N)-c2ncnc(N)c21. The Bertz CT molecular complexity index is 917. The van der Waals surface area contributed by atoms with Gasteiger partial charge in [0.15, 0.2) is 5.78 Å². The lowest BCUT2D eigenvalue weighted by molar-refractivity contribution is 0.0906. The molecule has 6 N–H and O–H groups in total. The fourth-order valence-electron chi connectivity index (χ4n) is 4.18. The van der Waals surface area contributed by atoms with Crippen molar-refractivity contribution >= 4 is 17.3 Å². The number of Topliss-reactive ketones (excluding diaryl/α,β-unsaturated/α-hetero) is 1. The summed E-state index contributed by atoms with van der Waals surface area (Å²) >= 11 is 0. The number of carbonyl (C=O) groups excluding carboxylic acids is 1. The van der Waals surface area contributed by atoms with Gasteiger partial charge in [0.05, 0.1) is 28.5 Å². The second-order valence-electron chi connectivity index (χ2n) is 7.99. The fourth-order valence-corrected chi connectivity index (χ4v) is 4.18. The van der Waals surface area contributed by atoms with Crippen molar-refractivity contribution < 1.29 is 9.53 Å². The molecule has 0 atom stereocenters. The van der Waals surface area contributed by atoms with Crippen LogP contribution in [-0.2, 0) is 5.41 Å². The van der Waals surface area contributed by atoms with Crippen LogP contribution in [-0.4, -0.2) is 27.9 Å². The van der Waals surface area contributed by atoms with Gasteiger partial charge in [0.2, 0.25) is 0 Å². The molecule has 1 saturated carbocycles. The molecule has 1 aromatic carbocycles. The molecule has 0 amide bonds. The van der Waals surface area contributed by atoms with Crippen molar-refractivity contribution in [2.45, 2.75) is 57.1 Å². The van der Waals surface area contributed by atoms with E-state index in [1.807, 2.05) is 26.0 Å². The summed E-state index contributed by atoms with van der Waals surface area (Å²) in [5.74, 6) is 0.769. The summed E-state index contributed by atoms with van der Waals surface area (Å²) in [6.45, 7) is 3.65. The fraction of sp³-hybridized carbons (Fsp3) is 0.450. The van der Waals surface area contributed by atoms with Crippen LogP contribution in [0.4, 0.5) is 11.5 Å². The molecule has 2 aliphatic carbocycles. The molecule has 1 heterocycles. The molecule has 142 valence electrons. The first kappa shape index (κ1) is 17.7. The van der Waals surface area contributed by atoms with E-state index < -0.39 is 5.41 Å². The number of nitrogens with zero attached hydrogens (tertiary/aromatic N) is 2. The zero-order valence-corrected chi connectivity index (χ0v) is 15.7. The highest BCUT2D eigenvalue weighted by atomic mass is 16.5. The van der Waals surface area contributed by atoms with Gasteiger partial charge in [0.25, 0.3) is 0 Å². The minimum absolute atomic E-state index is 0.0714. The van der Waals surface area contributed by atoms with Crippen LogP contribution in [0, 0.1) is 0 Å². The van der Waals surface area contributed by atoms with Gasteiger partial charge in [-0.3, -0.25) is 4.79 Å². The zero-order valence-electron chi connectivity index (χ0n) is 15.7. The molecule has 4 rings (SSSR count). The maximum absolute atomic E-state index is 13.3. The molecule has 0 bridgehead atoms. The van der Waals surface area contributed by atoms with Crippen molar-refractivity contribution in [3.8, 4) is 17.0 Å². The highest BCUT2D eigenvalue weighted by molar-refractivity contribution is 6.16. The van der Waals surface area contributed by atoms with Gasteiger partial charge in [-0.05, 0) is 51.7 Å². The maximum atomic E-state index is 13.3. The second-order valence-corrected chi connectivity index (χ2v) is 7.99. The predicted octanol–water partition coefficient (Wildman–Crippen LogP) is 2.43. The molecule has 27 heavy (non-hydrogen) atoms. The van der Waals surface area contributed by atoms with Gasteiger partial charge in [-0.15, -0.1) is 0 Å². The Labute approximate surface area is 158 Å². The Morgan fingerprint density at radius 2 is 1.81 bits per heavy atom. The molecular formula is C20H25N5O2. The van der Waals surface area contributed by atoms with Crippen molar-refractivity contribution in [3.63, 3.8) is 0 Å². The number of benzene rings is 1. The third kappa shape index (κ3) is 2.73. The van der Waals surface area contributed by atoms with Gasteiger partial charge in [-0.2, -0.15) is 0 Å². The van der Waals surface area contributed by atoms with Crippen molar-refractivity contribution in [1.82, 2.24) is 9.97 Å². The number of hydrogen-bond donors (Lipinski definition) is 3. The summed E-state index contributed by atoms with van der Waals surface area (Å²) in [5, 5.41) is 0. The van der Waals surface area contributed by atoms with E-state index in [-0.39, 0.29) is 17.9 Å². The van der Waals surface area contributed by atoms with Gasteiger partial charge < -0.3 is 21.9 Å². The van der Waals surface area contributed by atoms with E-state index in [1.54, 1.807) is 0 Å². The van der Waals surface area contributed by atoms with Gasteiger partial charge in [0, 0.05) is 17.2 Å². The Balaban J connectivity index is 1.79. The Hall–Kier alpha value is -2.67. The highest BCUT2D eigenvalue weighted by Gasteiger charge is 2.43. The topological polar surface area (TPSA) is 130 Å². The second kappa shape index (κ2) is 6.20. The number of anilines is 2. The lowest BCUT2D eigenvalue weighted by Gasteiger charge is -2.33. The first-order valence-corrected chi connectivity index (χ1v) is 9.31. The van der Waals surface area contributed by atoms with Crippen LogP contribution in [0.15, 0.2) is 18.5 Å². The normalized spacial score (nSPS) is 23.4. The average molecular weight is 367 g/mol. The molecule has 0 aliphatic heterocycles. The monoisotopic (exact) mass is 367 g/mol. The predicted molar refractivity (Wildman–Crippen MR) is 105 cm³/mol. The maximum Gasteiger partial charge on any atom is 0.175 e. The van der Waals surface area contributed by atoms with E-state index in [0.717, 1.165) is 25.7 Å². The van der Waals surface area contributed by atoms with Crippen LogP contribution in [0.1, 0.15) is 55.5 Å². The summed E-state index contributed by atoms with van der Waals surface area (Å²) < 4.78 is 6.14. The van der Waals surface area contributed by atoms with Crippen LogP contribution in [0.5, 0.6) is 5.75 Å². The van der Waals surface area contributed by atoms with Gasteiger partial charge in [-0.25, -0.2) is 9.97 Å². The average Bonchev–Trinajstić information content (AvgIpc) is 2.63. The molecular weight excluding hydrogens is 342 g/mol. The van der Waals surface area contributed by atoms with Crippen molar-refractivity contribution in [1.29, 1.82) is 0 Å². The number of rotatable bonds is 2. The van der Waals surface area contributed by atoms with Crippen LogP contribution < -0.4 is 21.9 Å². The van der Waals surface area contributed by atoms with E-state index in [1.165, 1.54) is 6.33 Å². The van der Waals surface area contributed by atoms with Gasteiger partial charge in [0.1, 0.15) is 17.9 Å². The van der Waals surface area contributed by atoms with E-state index in [2.05, 4.69) is 9.97 Å². The smallest absolute Gasteiger partial charge is 0.175 e. The van der Waals surface area contributed by atoms with Crippen LogP contribution in [0.2, 0.25) is 0 Å². The third-order valence-electron chi connectivity index (χ3n) is 5.77. The number of nitrogen functional groups attached to an aromatic ring is 2. The first-order chi connectivity index (χ1) is 12.8. The van der Waals surface area contributed by atoms with Crippen molar-refractivity contribution in [3.05, 3.63) is 29.6 Å². The van der Waals surface area contributed by atoms with E-state index >= 15 is 0 Å². The third-order valence-corrected chi connectivity index (χ3v) is 5.77.